The van der Waals surface area contributed by atoms with Gasteiger partial charge in [-0.25, -0.2) is 4.98 Å². The first-order chi connectivity index (χ1) is 24.8. The van der Waals surface area contributed by atoms with E-state index in [-0.39, 0.29) is 41.8 Å². The molecule has 4 heterocycles. The van der Waals surface area contributed by atoms with Gasteiger partial charge in [0.2, 0.25) is 23.1 Å². The molecule has 3 aromatic heterocycles. The van der Waals surface area contributed by atoms with Crippen molar-refractivity contribution in [2.75, 3.05) is 27.3 Å². The van der Waals surface area contributed by atoms with Gasteiger partial charge < -0.3 is 33.5 Å². The van der Waals surface area contributed by atoms with E-state index in [0.29, 0.717) is 36.3 Å². The number of rotatable bonds is 11. The van der Waals surface area contributed by atoms with Crippen molar-refractivity contribution in [2.45, 2.75) is 57.9 Å². The Labute approximate surface area is 294 Å². The maximum absolute atomic E-state index is 11.3. The van der Waals surface area contributed by atoms with Gasteiger partial charge in [0.1, 0.15) is 24.8 Å². The predicted molar refractivity (Wildman–Crippen MR) is 186 cm³/mol. The van der Waals surface area contributed by atoms with Crippen molar-refractivity contribution < 1.29 is 33.7 Å². The third kappa shape index (κ3) is 6.63. The van der Waals surface area contributed by atoms with E-state index >= 15 is 0 Å². The highest BCUT2D eigenvalue weighted by molar-refractivity contribution is 5.83. The van der Waals surface area contributed by atoms with Crippen LogP contribution in [-0.2, 0) is 29.1 Å². The molecule has 7 rings (SSSR count). The summed E-state index contributed by atoms with van der Waals surface area (Å²) >= 11 is 0. The lowest BCUT2D eigenvalue weighted by Gasteiger charge is -2.19. The summed E-state index contributed by atoms with van der Waals surface area (Å²) < 4.78 is 19.9. The van der Waals surface area contributed by atoms with Crippen LogP contribution >= 0.6 is 0 Å². The fourth-order valence-corrected chi connectivity index (χ4v) is 7.14. The molecule has 0 bridgehead atoms. The van der Waals surface area contributed by atoms with Crippen molar-refractivity contribution >= 4 is 17.1 Å². The van der Waals surface area contributed by atoms with Gasteiger partial charge in [0.05, 0.1) is 19.6 Å². The minimum absolute atomic E-state index is 0.0715. The minimum Gasteiger partial charge on any atom is -0.481 e. The van der Waals surface area contributed by atoms with Crippen LogP contribution in [0.2, 0.25) is 0 Å². The average molecular weight is 691 g/mol. The third-order valence-electron chi connectivity index (χ3n) is 9.59. The topological polar surface area (TPSA) is 168 Å². The monoisotopic (exact) mass is 690 g/mol. The van der Waals surface area contributed by atoms with Crippen LogP contribution in [0.25, 0.3) is 33.7 Å². The molecule has 5 aromatic rings. The summed E-state index contributed by atoms with van der Waals surface area (Å²) in [5.74, 6) is 0.342. The standard InChI is InChI=1S/C38H38N6O7/c1-22-26(6-4-7-27(22)38-41-34-35(51-38)24(18-39)20-44(17-15-33(46)47)36(34)42-49-3)28-8-5-9-30-29(28)11-12-31(30)50-32-13-10-23(37(40-32)48-2)19-43-16-14-25(45)21-43/h4-10,13,20,25,31,45H,11-12,14-17,19,21H2,1-3H3,(H,46,47)/b42-36-/t25-,31+/m1/s1. The molecule has 1 aliphatic heterocycles. The van der Waals surface area contributed by atoms with E-state index in [2.05, 4.69) is 39.3 Å². The zero-order chi connectivity index (χ0) is 35.6. The number of aliphatic hydroxyl groups excluding tert-OH is 1. The first-order valence-electron chi connectivity index (χ1n) is 16.8. The Morgan fingerprint density at radius 1 is 1.10 bits per heavy atom. The summed E-state index contributed by atoms with van der Waals surface area (Å²) in [5, 5.41) is 33.2. The lowest BCUT2D eigenvalue weighted by molar-refractivity contribution is -0.137. The summed E-state index contributed by atoms with van der Waals surface area (Å²) in [7, 11) is 3.00. The van der Waals surface area contributed by atoms with Gasteiger partial charge in [0, 0.05) is 49.6 Å². The van der Waals surface area contributed by atoms with Crippen molar-refractivity contribution in [2.24, 2.45) is 5.16 Å². The number of likely N-dealkylation sites (tertiary alicyclic amines) is 1. The van der Waals surface area contributed by atoms with Gasteiger partial charge in [-0.3, -0.25) is 9.69 Å². The minimum atomic E-state index is -0.982. The number of aliphatic carboxylic acids is 1. The smallest absolute Gasteiger partial charge is 0.305 e. The lowest BCUT2D eigenvalue weighted by Crippen LogP contribution is -2.24. The number of nitriles is 1. The van der Waals surface area contributed by atoms with E-state index in [1.54, 1.807) is 11.7 Å². The molecule has 1 fully saturated rings. The number of aryl methyl sites for hydroxylation is 1. The van der Waals surface area contributed by atoms with Crippen LogP contribution in [0.3, 0.4) is 0 Å². The SMILES string of the molecule is CO/N=c1/c2nc(-c3cccc(-c4cccc5c4CC[C@@H]5Oc4ccc(CN5CC[C@@H](O)C5)c(OC)n4)c3C)oc2c(C#N)cn1CCC(=O)O. The Bertz CT molecular complexity index is 2240. The molecule has 0 radical (unpaired) electrons. The zero-order valence-electron chi connectivity index (χ0n) is 28.6. The maximum atomic E-state index is 11.3. The van der Waals surface area contributed by atoms with Gasteiger partial charge in [-0.05, 0) is 66.1 Å². The van der Waals surface area contributed by atoms with Crippen molar-refractivity contribution in [1.82, 2.24) is 19.4 Å². The van der Waals surface area contributed by atoms with Gasteiger partial charge >= 0.3 is 5.97 Å². The molecule has 51 heavy (non-hydrogen) atoms. The summed E-state index contributed by atoms with van der Waals surface area (Å²) in [5.41, 5.74) is 8.05. The van der Waals surface area contributed by atoms with Crippen LogP contribution in [0.4, 0.5) is 0 Å². The molecule has 0 unspecified atom stereocenters. The van der Waals surface area contributed by atoms with E-state index in [0.717, 1.165) is 59.2 Å². The first-order valence-corrected chi connectivity index (χ1v) is 16.8. The number of oxazole rings is 1. The van der Waals surface area contributed by atoms with Crippen molar-refractivity contribution in [3.05, 3.63) is 88.0 Å². The molecule has 1 saturated heterocycles. The third-order valence-corrected chi connectivity index (χ3v) is 9.59. The van der Waals surface area contributed by atoms with Gasteiger partial charge in [-0.2, -0.15) is 10.2 Å². The van der Waals surface area contributed by atoms with Gasteiger partial charge in [0.15, 0.2) is 11.1 Å². The van der Waals surface area contributed by atoms with Crippen LogP contribution in [0, 0.1) is 18.3 Å². The number of β-amino-alcohol motifs (C(OH)–C–C–N with tert-alkyl or cyclic N) is 1. The predicted octanol–water partition coefficient (Wildman–Crippen LogP) is 5.12. The largest absolute Gasteiger partial charge is 0.481 e. The fourth-order valence-electron chi connectivity index (χ4n) is 7.14. The van der Waals surface area contributed by atoms with E-state index in [9.17, 15) is 20.3 Å². The number of hydrogen-bond donors (Lipinski definition) is 2. The maximum Gasteiger partial charge on any atom is 0.305 e. The molecule has 0 spiro atoms. The Morgan fingerprint density at radius 2 is 1.90 bits per heavy atom. The molecule has 2 aromatic carbocycles. The van der Waals surface area contributed by atoms with Crippen LogP contribution in [-0.4, -0.2) is 69.0 Å². The highest BCUT2D eigenvalue weighted by Gasteiger charge is 2.29. The Balaban J connectivity index is 1.19. The number of fused-ring (bicyclic) bond motifs is 2. The number of ether oxygens (including phenoxy) is 2. The van der Waals surface area contributed by atoms with Crippen LogP contribution in [0.15, 0.2) is 64.3 Å². The number of carboxylic acids is 1. The number of aliphatic hydroxyl groups is 1. The van der Waals surface area contributed by atoms with Crippen molar-refractivity contribution in [3.8, 4) is 40.4 Å². The molecular weight excluding hydrogens is 652 g/mol. The molecule has 13 nitrogen and oxygen atoms in total. The quantitative estimate of drug-likeness (QED) is 0.177. The first kappa shape index (κ1) is 33.8. The number of carboxylic acid groups (broad SMARTS) is 1. The van der Waals surface area contributed by atoms with Crippen LogP contribution < -0.4 is 15.0 Å². The molecular formula is C38H38N6O7. The van der Waals surface area contributed by atoms with Crippen LogP contribution in [0.1, 0.15) is 53.2 Å². The van der Waals surface area contributed by atoms with E-state index in [4.69, 9.17) is 23.7 Å². The summed E-state index contributed by atoms with van der Waals surface area (Å²) in [6, 6.07) is 18.2. The highest BCUT2D eigenvalue weighted by Crippen LogP contribution is 2.42. The molecule has 1 aliphatic carbocycles. The molecule has 0 saturated carbocycles. The molecule has 2 aliphatic rings. The van der Waals surface area contributed by atoms with Gasteiger partial charge in [-0.15, -0.1) is 0 Å². The number of pyridine rings is 2. The normalized spacial score (nSPS) is 17.4. The fraction of sp³-hybridized carbons (Fsp3) is 0.342. The zero-order valence-corrected chi connectivity index (χ0v) is 28.6. The number of nitrogens with zero attached hydrogens (tertiary/aromatic N) is 6. The average Bonchev–Trinajstić information content (AvgIpc) is 3.87. The Kier molecular flexibility index (Phi) is 9.44. The molecule has 13 heteroatoms. The molecule has 2 atom stereocenters. The van der Waals surface area contributed by atoms with Gasteiger partial charge in [0.25, 0.3) is 0 Å². The Hall–Kier alpha value is -5.71. The highest BCUT2D eigenvalue weighted by atomic mass is 16.6. The molecule has 0 amide bonds. The van der Waals surface area contributed by atoms with Crippen molar-refractivity contribution in [3.63, 3.8) is 0 Å². The molecule has 262 valence electrons. The summed E-state index contributed by atoms with van der Waals surface area (Å²) in [6.07, 6.45) is 3.24. The summed E-state index contributed by atoms with van der Waals surface area (Å²) in [6.45, 7) is 4.22. The van der Waals surface area contributed by atoms with Crippen LogP contribution in [0.5, 0.6) is 11.8 Å². The second-order valence-electron chi connectivity index (χ2n) is 12.8. The number of aromatic nitrogens is 3. The summed E-state index contributed by atoms with van der Waals surface area (Å²) in [4.78, 5) is 28.0. The second-order valence-corrected chi connectivity index (χ2v) is 12.8. The number of hydrogen-bond acceptors (Lipinski definition) is 11. The van der Waals surface area contributed by atoms with E-state index < -0.39 is 5.97 Å². The number of benzene rings is 2. The molecule has 2 N–H and O–H groups in total. The second kappa shape index (κ2) is 14.3. The lowest BCUT2D eigenvalue weighted by atomic mass is 9.91. The van der Waals surface area contributed by atoms with E-state index in [1.165, 1.54) is 18.9 Å². The number of carbonyl (C=O) groups is 1. The number of methoxy groups -OCH3 is 1. The van der Waals surface area contributed by atoms with Crippen molar-refractivity contribution in [1.29, 1.82) is 5.26 Å². The Morgan fingerprint density at radius 3 is 2.65 bits per heavy atom. The van der Waals surface area contributed by atoms with E-state index in [1.807, 2.05) is 37.3 Å². The van der Waals surface area contributed by atoms with Gasteiger partial charge in [-0.1, -0.05) is 35.5 Å².